The first-order chi connectivity index (χ1) is 19.6. The molecular formula is C30H34FN5O5. The third-order valence-corrected chi connectivity index (χ3v) is 9.04. The third-order valence-electron chi connectivity index (χ3n) is 9.04. The van der Waals surface area contributed by atoms with E-state index in [0.29, 0.717) is 61.4 Å². The molecule has 0 unspecified atom stereocenters. The molecule has 2 atom stereocenters. The van der Waals surface area contributed by atoms with E-state index in [1.165, 1.54) is 6.07 Å². The van der Waals surface area contributed by atoms with Crippen LogP contribution in [0.4, 0.5) is 4.39 Å². The maximum Gasteiger partial charge on any atom is 0.343 e. The van der Waals surface area contributed by atoms with Crippen LogP contribution in [-0.4, -0.2) is 58.1 Å². The molecule has 1 aromatic carbocycles. The van der Waals surface area contributed by atoms with Gasteiger partial charge in [0.2, 0.25) is 5.91 Å². The molecule has 2 aromatic heterocycles. The average Bonchev–Trinajstić information content (AvgIpc) is 3.34. The lowest BCUT2D eigenvalue weighted by molar-refractivity contribution is -0.172. The molecule has 11 heteroatoms. The molecule has 0 fully saturated rings. The lowest BCUT2D eigenvalue weighted by Gasteiger charge is -2.35. The maximum atomic E-state index is 15.1. The smallest absolute Gasteiger partial charge is 0.343 e. The first kappa shape index (κ1) is 27.5. The van der Waals surface area contributed by atoms with E-state index >= 15 is 4.39 Å². The number of hydrogen-bond donors (Lipinski definition) is 3. The highest BCUT2D eigenvalue weighted by Gasteiger charge is 2.46. The largest absolute Gasteiger partial charge is 0.458 e. The van der Waals surface area contributed by atoms with Gasteiger partial charge in [0.25, 0.3) is 5.56 Å². The number of esters is 1. The van der Waals surface area contributed by atoms with Crippen molar-refractivity contribution in [2.24, 2.45) is 5.73 Å². The third kappa shape index (κ3) is 4.09. The van der Waals surface area contributed by atoms with Crippen LogP contribution in [0, 0.1) is 12.7 Å². The predicted octanol–water partition coefficient (Wildman–Crippen LogP) is 1.91. The van der Waals surface area contributed by atoms with Gasteiger partial charge in [0.1, 0.15) is 12.4 Å². The summed E-state index contributed by atoms with van der Waals surface area (Å²) in [6.07, 6.45) is 1.72. The molecule has 0 saturated heterocycles. The van der Waals surface area contributed by atoms with Gasteiger partial charge in [-0.1, -0.05) is 6.92 Å². The molecule has 1 amide bonds. The number of carbonyl (C=O) groups is 2. The number of aromatic nitrogens is 2. The number of fused-ring (bicyclic) bond motifs is 5. The number of hydrogen-bond acceptors (Lipinski definition) is 8. The zero-order chi connectivity index (χ0) is 29.2. The molecule has 0 bridgehead atoms. The maximum absolute atomic E-state index is 15.1. The zero-order valence-corrected chi connectivity index (χ0v) is 23.5. The summed E-state index contributed by atoms with van der Waals surface area (Å²) in [5.41, 5.74) is 8.61. The Balaban J connectivity index is 1.52. The molecule has 6 rings (SSSR count). The van der Waals surface area contributed by atoms with Crippen molar-refractivity contribution in [3.8, 4) is 11.4 Å². The van der Waals surface area contributed by atoms with Crippen LogP contribution in [0.5, 0.6) is 0 Å². The fourth-order valence-electron chi connectivity index (χ4n) is 6.70. The van der Waals surface area contributed by atoms with E-state index < -0.39 is 11.6 Å². The number of pyridine rings is 2. The minimum absolute atomic E-state index is 0.0462. The Bertz CT molecular complexity index is 1680. The van der Waals surface area contributed by atoms with Crippen molar-refractivity contribution in [1.82, 2.24) is 19.8 Å². The quantitative estimate of drug-likeness (QED) is 0.290. The summed E-state index contributed by atoms with van der Waals surface area (Å²) in [5, 5.41) is 14.9. The number of ether oxygens (including phenoxy) is 1. The normalized spacial score (nSPS) is 20.6. The second-order valence-electron chi connectivity index (χ2n) is 11.2. The SMILES string of the molecule is CC[C@@]1(O)C(=O)OCc2c1cc1n(c2=O)Cc2c-1nc1cc(F)c(C)c3c1c2[C@@H](N(C)CCC(=O)NCCN)CC3. The van der Waals surface area contributed by atoms with Crippen LogP contribution < -0.4 is 16.6 Å². The number of amides is 1. The Labute approximate surface area is 236 Å². The first-order valence-corrected chi connectivity index (χ1v) is 14.1. The van der Waals surface area contributed by atoms with Gasteiger partial charge < -0.3 is 25.5 Å². The molecule has 0 saturated carbocycles. The minimum Gasteiger partial charge on any atom is -0.458 e. The monoisotopic (exact) mass is 563 g/mol. The van der Waals surface area contributed by atoms with E-state index in [9.17, 15) is 19.5 Å². The molecule has 41 heavy (non-hydrogen) atoms. The van der Waals surface area contributed by atoms with E-state index in [2.05, 4.69) is 10.2 Å². The summed E-state index contributed by atoms with van der Waals surface area (Å²) < 4.78 is 21.9. The second kappa shape index (κ2) is 10.0. The minimum atomic E-state index is -1.93. The molecule has 4 N–H and O–H groups in total. The molecule has 2 aliphatic heterocycles. The zero-order valence-electron chi connectivity index (χ0n) is 23.5. The lowest BCUT2D eigenvalue weighted by atomic mass is 9.81. The van der Waals surface area contributed by atoms with Gasteiger partial charge in [0.15, 0.2) is 5.60 Å². The Morgan fingerprint density at radius 1 is 1.32 bits per heavy atom. The van der Waals surface area contributed by atoms with Crippen LogP contribution >= 0.6 is 0 Å². The second-order valence-corrected chi connectivity index (χ2v) is 11.2. The number of aliphatic hydroxyl groups is 1. The number of nitrogens with two attached hydrogens (primary N) is 1. The Hall–Kier alpha value is -3.67. The molecule has 1 aliphatic carbocycles. The van der Waals surface area contributed by atoms with Crippen LogP contribution in [0.2, 0.25) is 0 Å². The van der Waals surface area contributed by atoms with Crippen molar-refractivity contribution in [2.45, 2.75) is 64.3 Å². The van der Waals surface area contributed by atoms with Gasteiger partial charge in [-0.3, -0.25) is 14.5 Å². The van der Waals surface area contributed by atoms with Crippen molar-refractivity contribution in [3.05, 3.63) is 61.7 Å². The standard InChI is InChI=1S/C30H34FN5O5/c1-4-30(40)19-11-23-27-17(13-36(23)28(38)18(19)14-41-29(30)39)26-22(35(3)10-7-24(37)33-9-8-32)6-5-16-15(2)20(31)12-21(34-27)25(16)26/h11-12,22,40H,4-10,13-14,32H2,1-3H3,(H,33,37)/t22-,30-/m0/s1. The highest BCUT2D eigenvalue weighted by molar-refractivity contribution is 5.93. The van der Waals surface area contributed by atoms with E-state index in [1.54, 1.807) is 24.5 Å². The fourth-order valence-corrected chi connectivity index (χ4v) is 6.70. The number of halogens is 1. The molecule has 0 spiro atoms. The van der Waals surface area contributed by atoms with Crippen molar-refractivity contribution < 1.29 is 23.8 Å². The van der Waals surface area contributed by atoms with Gasteiger partial charge in [-0.2, -0.15) is 0 Å². The van der Waals surface area contributed by atoms with Gasteiger partial charge in [0.05, 0.1) is 29.0 Å². The number of rotatable bonds is 7. The van der Waals surface area contributed by atoms with Gasteiger partial charge in [-0.25, -0.2) is 14.2 Å². The number of aryl methyl sites for hydroxylation is 1. The summed E-state index contributed by atoms with van der Waals surface area (Å²) in [4.78, 5) is 45.7. The van der Waals surface area contributed by atoms with Crippen molar-refractivity contribution in [2.75, 3.05) is 26.7 Å². The van der Waals surface area contributed by atoms with Crippen LogP contribution in [0.25, 0.3) is 22.3 Å². The fraction of sp³-hybridized carbons (Fsp3) is 0.467. The Morgan fingerprint density at radius 3 is 2.83 bits per heavy atom. The van der Waals surface area contributed by atoms with Crippen molar-refractivity contribution in [3.63, 3.8) is 0 Å². The molecule has 3 aliphatic rings. The van der Waals surface area contributed by atoms with Crippen LogP contribution in [-0.2, 0) is 39.5 Å². The van der Waals surface area contributed by atoms with Crippen LogP contribution in [0.1, 0.15) is 65.6 Å². The molecular weight excluding hydrogens is 529 g/mol. The van der Waals surface area contributed by atoms with Crippen molar-refractivity contribution >= 4 is 22.8 Å². The summed E-state index contributed by atoms with van der Waals surface area (Å²) >= 11 is 0. The number of nitrogens with zero attached hydrogens (tertiary/aromatic N) is 3. The molecule has 10 nitrogen and oxygen atoms in total. The van der Waals surface area contributed by atoms with Gasteiger partial charge in [-0.15, -0.1) is 0 Å². The van der Waals surface area contributed by atoms with Gasteiger partial charge in [-0.05, 0) is 56.0 Å². The summed E-state index contributed by atoms with van der Waals surface area (Å²) in [5.74, 6) is -1.19. The number of carbonyl (C=O) groups excluding carboxylic acids is 2. The lowest BCUT2D eigenvalue weighted by Crippen LogP contribution is -2.44. The number of benzene rings is 1. The topological polar surface area (TPSA) is 140 Å². The summed E-state index contributed by atoms with van der Waals surface area (Å²) in [6.45, 7) is 4.78. The molecule has 0 radical (unpaired) electrons. The molecule has 4 heterocycles. The van der Waals surface area contributed by atoms with E-state index in [0.717, 1.165) is 22.1 Å². The van der Waals surface area contributed by atoms with Crippen molar-refractivity contribution in [1.29, 1.82) is 0 Å². The number of nitrogens with one attached hydrogen (secondary N) is 1. The summed E-state index contributed by atoms with van der Waals surface area (Å²) in [6, 6.07) is 3.03. The number of cyclic esters (lactones) is 1. The highest BCUT2D eigenvalue weighted by atomic mass is 19.1. The van der Waals surface area contributed by atoms with Crippen LogP contribution in [0.15, 0.2) is 16.9 Å². The molecule has 216 valence electrons. The average molecular weight is 564 g/mol. The summed E-state index contributed by atoms with van der Waals surface area (Å²) in [7, 11) is 1.97. The van der Waals surface area contributed by atoms with Crippen LogP contribution in [0.3, 0.4) is 0 Å². The van der Waals surface area contributed by atoms with E-state index in [1.807, 2.05) is 7.05 Å². The predicted molar refractivity (Wildman–Crippen MR) is 150 cm³/mol. The van der Waals surface area contributed by atoms with E-state index in [-0.39, 0.29) is 54.0 Å². The highest BCUT2D eigenvalue weighted by Crippen LogP contribution is 2.47. The van der Waals surface area contributed by atoms with E-state index in [4.69, 9.17) is 15.5 Å². The Morgan fingerprint density at radius 2 is 2.10 bits per heavy atom. The van der Waals surface area contributed by atoms with Gasteiger partial charge >= 0.3 is 5.97 Å². The molecule has 3 aromatic rings. The van der Waals surface area contributed by atoms with Gasteiger partial charge in [0, 0.05) is 54.7 Å². The first-order valence-electron chi connectivity index (χ1n) is 14.1. The Kier molecular flexibility index (Phi) is 6.71.